The van der Waals surface area contributed by atoms with Crippen molar-refractivity contribution in [3.05, 3.63) is 116 Å². The van der Waals surface area contributed by atoms with E-state index in [0.29, 0.717) is 65.8 Å². The number of aryl methyl sites for hydroxylation is 1. The zero-order valence-electron chi connectivity index (χ0n) is 38.1. The number of amides is 4. The van der Waals surface area contributed by atoms with Gasteiger partial charge in [0.15, 0.2) is 5.78 Å². The first-order valence-corrected chi connectivity index (χ1v) is 23.6. The molecule has 0 radical (unpaired) electrons. The number of Topliss-reactive ketones (excluding diaryl/α,β-unsaturated/α-hetero) is 1. The minimum Gasteiger partial charge on any atom is -0.385 e. The van der Waals surface area contributed by atoms with Crippen molar-refractivity contribution in [2.24, 2.45) is 0 Å². The molecule has 2 aromatic carbocycles. The summed E-state index contributed by atoms with van der Waals surface area (Å²) >= 11 is 0. The molecule has 67 heavy (non-hydrogen) atoms. The van der Waals surface area contributed by atoms with E-state index in [-0.39, 0.29) is 53.0 Å². The average molecular weight is 906 g/mol. The van der Waals surface area contributed by atoms with Gasteiger partial charge in [0.05, 0.1) is 22.3 Å². The van der Waals surface area contributed by atoms with Gasteiger partial charge in [-0.15, -0.1) is 0 Å². The van der Waals surface area contributed by atoms with Gasteiger partial charge >= 0.3 is 0 Å². The lowest BCUT2D eigenvalue weighted by atomic mass is 9.82. The third-order valence-electron chi connectivity index (χ3n) is 15.1. The third-order valence-corrected chi connectivity index (χ3v) is 15.1. The second-order valence-corrected chi connectivity index (χ2v) is 19.0. The van der Waals surface area contributed by atoms with Crippen LogP contribution in [0.15, 0.2) is 71.8 Å². The van der Waals surface area contributed by atoms with Crippen LogP contribution in [0.4, 0.5) is 17.5 Å². The Bertz CT molecular complexity index is 2880. The molecule has 1 saturated carbocycles. The SMILES string of the molecule is CC(=O)c1c(C)c2cnc(Nc3ccc(C4CCN(c5ccc([C@H](C)N6CCC(O)(c7ccc8c(c7)C(=O)N(C7CCC(=O)NC7=O)C8=O)CC6)cc5)CC4)cn3)nc2n(C2CCCC2)c1=O. The van der Waals surface area contributed by atoms with Crippen molar-refractivity contribution in [2.45, 2.75) is 115 Å². The summed E-state index contributed by atoms with van der Waals surface area (Å²) in [4.78, 5) is 96.8. The normalized spacial score (nSPS) is 20.9. The maximum atomic E-state index is 13.6. The Labute approximate surface area is 387 Å². The van der Waals surface area contributed by atoms with Crippen LogP contribution in [0.5, 0.6) is 0 Å². The lowest BCUT2D eigenvalue weighted by Crippen LogP contribution is -2.54. The van der Waals surface area contributed by atoms with E-state index in [1.165, 1.54) is 23.7 Å². The molecule has 16 heteroatoms. The van der Waals surface area contributed by atoms with E-state index < -0.39 is 35.3 Å². The Morgan fingerprint density at radius 2 is 1.57 bits per heavy atom. The number of imide groups is 2. The number of nitrogens with zero attached hydrogens (tertiary/aromatic N) is 7. The Balaban J connectivity index is 0.729. The van der Waals surface area contributed by atoms with Gasteiger partial charge in [-0.05, 0) is 124 Å². The Morgan fingerprint density at radius 3 is 2.24 bits per heavy atom. The topological polar surface area (TPSA) is 200 Å². The molecule has 1 aliphatic carbocycles. The molecule has 3 N–H and O–H groups in total. The van der Waals surface area contributed by atoms with Crippen molar-refractivity contribution >= 4 is 57.9 Å². The third kappa shape index (κ3) is 8.09. The molecule has 3 aromatic heterocycles. The first-order chi connectivity index (χ1) is 32.3. The molecule has 4 fully saturated rings. The molecule has 5 aromatic rings. The summed E-state index contributed by atoms with van der Waals surface area (Å²) in [5.74, 6) is -1.13. The average Bonchev–Trinajstić information content (AvgIpc) is 3.95. The van der Waals surface area contributed by atoms with E-state index in [1.807, 2.05) is 12.3 Å². The first-order valence-electron chi connectivity index (χ1n) is 23.6. The number of benzene rings is 2. The summed E-state index contributed by atoms with van der Waals surface area (Å²) in [5, 5.41) is 18.0. The lowest BCUT2D eigenvalue weighted by Gasteiger charge is -2.41. The van der Waals surface area contributed by atoms with Gasteiger partial charge in [-0.2, -0.15) is 4.98 Å². The van der Waals surface area contributed by atoms with E-state index >= 15 is 0 Å². The number of anilines is 3. The van der Waals surface area contributed by atoms with Gasteiger partial charge in [-0.1, -0.05) is 37.1 Å². The van der Waals surface area contributed by atoms with Gasteiger partial charge in [0.2, 0.25) is 17.8 Å². The van der Waals surface area contributed by atoms with Gasteiger partial charge in [0.25, 0.3) is 17.4 Å². The molecule has 1 unspecified atom stereocenters. The molecule has 4 amide bonds. The van der Waals surface area contributed by atoms with Crippen LogP contribution in [0.2, 0.25) is 0 Å². The summed E-state index contributed by atoms with van der Waals surface area (Å²) in [6, 6.07) is 16.8. The highest BCUT2D eigenvalue weighted by molar-refractivity contribution is 6.23. The van der Waals surface area contributed by atoms with Crippen molar-refractivity contribution in [3.8, 4) is 0 Å². The fraction of sp³-hybridized carbons (Fsp3) is 0.431. The summed E-state index contributed by atoms with van der Waals surface area (Å²) < 4.78 is 1.72. The number of nitrogens with one attached hydrogen (secondary N) is 2. The molecule has 7 heterocycles. The highest BCUT2D eigenvalue weighted by Crippen LogP contribution is 2.39. The predicted octanol–water partition coefficient (Wildman–Crippen LogP) is 6.39. The fourth-order valence-corrected chi connectivity index (χ4v) is 11.1. The van der Waals surface area contributed by atoms with Gasteiger partial charge in [-0.3, -0.25) is 48.5 Å². The van der Waals surface area contributed by atoms with Crippen LogP contribution in [0.1, 0.15) is 149 Å². The second kappa shape index (κ2) is 17.5. The van der Waals surface area contributed by atoms with Crippen molar-refractivity contribution in [3.63, 3.8) is 0 Å². The molecule has 4 aliphatic heterocycles. The summed E-state index contributed by atoms with van der Waals surface area (Å²) in [7, 11) is 0. The molecule has 0 bridgehead atoms. The summed E-state index contributed by atoms with van der Waals surface area (Å²) in [6.45, 7) is 8.51. The van der Waals surface area contributed by atoms with Gasteiger partial charge in [0.1, 0.15) is 17.5 Å². The monoisotopic (exact) mass is 905 g/mol. The minimum absolute atomic E-state index is 0.00289. The highest BCUT2D eigenvalue weighted by Gasteiger charge is 2.46. The molecular weight excluding hydrogens is 851 g/mol. The standard InChI is InChI=1S/C51H55N9O7/c1-29-40-28-53-50(56-45(40)59(37-6-4-5-7-37)49(66)44(29)31(3)61)54-42-16-10-34(27-52-42)33-18-22-58(23-19-33)36-12-8-32(9-13-36)30(2)57-24-20-51(67,21-25-57)35-11-14-38-39(26-35)48(65)60(47(38)64)41-15-17-43(62)55-46(41)63/h8-14,16,26-28,30,33,37,41,67H,4-7,15,17-25H2,1-3H3,(H,55,62,63)(H,52,53,54,56)/t30-,41?/m0/s1. The Hall–Kier alpha value is -6.65. The van der Waals surface area contributed by atoms with E-state index in [2.05, 4.69) is 62.7 Å². The van der Waals surface area contributed by atoms with Crippen molar-refractivity contribution in [2.75, 3.05) is 36.4 Å². The zero-order valence-corrected chi connectivity index (χ0v) is 38.1. The quantitative estimate of drug-likeness (QED) is 0.103. The number of aliphatic hydroxyl groups is 1. The summed E-state index contributed by atoms with van der Waals surface area (Å²) in [6.07, 6.45) is 10.5. The number of rotatable bonds is 10. The number of carbonyl (C=O) groups is 5. The van der Waals surface area contributed by atoms with Crippen LogP contribution in [-0.4, -0.2) is 96.1 Å². The number of likely N-dealkylation sites (tertiary alicyclic amines) is 1. The zero-order chi connectivity index (χ0) is 46.7. The van der Waals surface area contributed by atoms with E-state index in [9.17, 15) is 33.9 Å². The largest absolute Gasteiger partial charge is 0.385 e. The highest BCUT2D eigenvalue weighted by atomic mass is 16.3. The minimum atomic E-state index is -1.18. The van der Waals surface area contributed by atoms with Crippen LogP contribution >= 0.6 is 0 Å². The fourth-order valence-electron chi connectivity index (χ4n) is 11.1. The number of carbonyl (C=O) groups excluding carboxylic acids is 5. The number of fused-ring (bicyclic) bond motifs is 2. The molecule has 2 atom stereocenters. The van der Waals surface area contributed by atoms with Gasteiger partial charge < -0.3 is 15.3 Å². The Morgan fingerprint density at radius 1 is 0.851 bits per heavy atom. The first kappa shape index (κ1) is 44.2. The van der Waals surface area contributed by atoms with Crippen LogP contribution in [-0.2, 0) is 15.2 Å². The van der Waals surface area contributed by atoms with Crippen LogP contribution < -0.4 is 21.1 Å². The smallest absolute Gasteiger partial charge is 0.263 e. The maximum Gasteiger partial charge on any atom is 0.263 e. The molecular formula is C51H55N9O7. The molecule has 16 nitrogen and oxygen atoms in total. The van der Waals surface area contributed by atoms with Gasteiger partial charge in [-0.25, -0.2) is 9.97 Å². The molecule has 3 saturated heterocycles. The lowest BCUT2D eigenvalue weighted by molar-refractivity contribution is -0.136. The number of aromatic nitrogens is 4. The number of hydrogen-bond donors (Lipinski definition) is 3. The van der Waals surface area contributed by atoms with Crippen molar-refractivity contribution < 1.29 is 29.1 Å². The molecule has 346 valence electrons. The molecule has 10 rings (SSSR count). The van der Waals surface area contributed by atoms with Crippen LogP contribution in [0.3, 0.4) is 0 Å². The molecule has 5 aliphatic rings. The number of pyridine rings is 2. The number of ketones is 1. The van der Waals surface area contributed by atoms with Gasteiger partial charge in [0, 0.05) is 68.2 Å². The van der Waals surface area contributed by atoms with E-state index in [0.717, 1.165) is 56.5 Å². The molecule has 0 spiro atoms. The Kier molecular flexibility index (Phi) is 11.6. The number of hydrogen-bond acceptors (Lipinski definition) is 13. The van der Waals surface area contributed by atoms with Crippen LogP contribution in [0, 0.1) is 6.92 Å². The van der Waals surface area contributed by atoms with Crippen molar-refractivity contribution in [1.82, 2.24) is 34.6 Å². The predicted molar refractivity (Wildman–Crippen MR) is 250 cm³/mol. The van der Waals surface area contributed by atoms with E-state index in [1.54, 1.807) is 35.9 Å². The second-order valence-electron chi connectivity index (χ2n) is 19.0. The van der Waals surface area contributed by atoms with Crippen LogP contribution in [0.25, 0.3) is 11.0 Å². The summed E-state index contributed by atoms with van der Waals surface area (Å²) in [5.41, 5.74) is 4.41. The van der Waals surface area contributed by atoms with Crippen molar-refractivity contribution in [1.29, 1.82) is 0 Å². The van der Waals surface area contributed by atoms with E-state index in [4.69, 9.17) is 9.97 Å². The number of piperidine rings is 3. The maximum absolute atomic E-state index is 13.6.